The van der Waals surface area contributed by atoms with Gasteiger partial charge < -0.3 is 4.42 Å². The van der Waals surface area contributed by atoms with Crippen molar-refractivity contribution in [1.82, 2.24) is 4.98 Å². The highest BCUT2D eigenvalue weighted by Gasteiger charge is 2.15. The fourth-order valence-corrected chi connectivity index (χ4v) is 3.54. The van der Waals surface area contributed by atoms with Crippen molar-refractivity contribution in [2.45, 2.75) is 12.8 Å². The summed E-state index contributed by atoms with van der Waals surface area (Å²) in [6.45, 7) is 0.839. The number of allylic oxidation sites excluding steroid dienone is 1. The van der Waals surface area contributed by atoms with Crippen molar-refractivity contribution >= 4 is 35.0 Å². The Morgan fingerprint density at radius 2 is 2.00 bits per heavy atom. The van der Waals surface area contributed by atoms with Crippen LogP contribution in [-0.4, -0.2) is 17.2 Å². The Morgan fingerprint density at radius 3 is 2.81 bits per heavy atom. The van der Waals surface area contributed by atoms with E-state index in [1.807, 2.05) is 36.5 Å². The van der Waals surface area contributed by atoms with Crippen molar-refractivity contribution in [3.05, 3.63) is 81.8 Å². The molecule has 130 valence electrons. The number of furan rings is 1. The van der Waals surface area contributed by atoms with Crippen molar-refractivity contribution in [3.63, 3.8) is 0 Å². The molecule has 0 N–H and O–H groups in total. The summed E-state index contributed by atoms with van der Waals surface area (Å²) in [5, 5.41) is 1.17. The molecule has 0 unspecified atom stereocenters. The average molecular weight is 383 g/mol. The van der Waals surface area contributed by atoms with Gasteiger partial charge in [-0.15, -0.1) is 0 Å². The number of halogens is 2. The zero-order valence-corrected chi connectivity index (χ0v) is 15.5. The molecule has 0 saturated carbocycles. The highest BCUT2D eigenvalue weighted by Crippen LogP contribution is 2.32. The summed E-state index contributed by atoms with van der Waals surface area (Å²) in [5.41, 5.74) is 4.01. The van der Waals surface area contributed by atoms with Crippen LogP contribution in [0.3, 0.4) is 0 Å². The van der Waals surface area contributed by atoms with Crippen LogP contribution < -0.4 is 0 Å². The van der Waals surface area contributed by atoms with Gasteiger partial charge >= 0.3 is 0 Å². The first-order valence-electron chi connectivity index (χ1n) is 8.42. The Morgan fingerprint density at radius 1 is 1.08 bits per heavy atom. The van der Waals surface area contributed by atoms with Crippen LogP contribution in [0.2, 0.25) is 10.0 Å². The zero-order chi connectivity index (χ0) is 17.9. The molecule has 2 aromatic heterocycles. The van der Waals surface area contributed by atoms with Crippen LogP contribution in [0.1, 0.15) is 24.2 Å². The van der Waals surface area contributed by atoms with Crippen molar-refractivity contribution < 1.29 is 4.42 Å². The van der Waals surface area contributed by atoms with Gasteiger partial charge in [0.15, 0.2) is 0 Å². The number of rotatable bonds is 3. The standard InChI is InChI=1S/C21H16Cl2N2O/c22-16-5-7-18(19(23)12-16)20-8-6-17(26-20)11-14-3-2-10-25-21(14)15-4-1-9-24-13-15/h1,4-9,11-13H,2-3,10H2/b14-11-. The van der Waals surface area contributed by atoms with Gasteiger partial charge in [-0.2, -0.15) is 0 Å². The molecule has 1 aliphatic heterocycles. The van der Waals surface area contributed by atoms with Gasteiger partial charge in [-0.25, -0.2) is 0 Å². The number of hydrogen-bond donors (Lipinski definition) is 0. The second-order valence-corrected chi connectivity index (χ2v) is 6.91. The minimum absolute atomic E-state index is 0.571. The molecule has 5 heteroatoms. The lowest BCUT2D eigenvalue weighted by Gasteiger charge is -2.15. The smallest absolute Gasteiger partial charge is 0.136 e. The number of benzene rings is 1. The molecule has 0 aliphatic carbocycles. The van der Waals surface area contributed by atoms with E-state index in [1.54, 1.807) is 18.3 Å². The lowest BCUT2D eigenvalue weighted by Crippen LogP contribution is -2.11. The van der Waals surface area contributed by atoms with Gasteiger partial charge in [0.2, 0.25) is 0 Å². The second kappa shape index (κ2) is 7.48. The molecular formula is C21H16Cl2N2O. The number of aromatic nitrogens is 1. The van der Waals surface area contributed by atoms with Crippen LogP contribution in [0, 0.1) is 0 Å². The number of pyridine rings is 1. The Hall–Kier alpha value is -2.36. The summed E-state index contributed by atoms with van der Waals surface area (Å²) < 4.78 is 6.00. The zero-order valence-electron chi connectivity index (χ0n) is 14.0. The average Bonchev–Trinajstić information content (AvgIpc) is 3.11. The highest BCUT2D eigenvalue weighted by atomic mass is 35.5. The van der Waals surface area contributed by atoms with E-state index in [0.717, 1.165) is 47.6 Å². The predicted octanol–water partition coefficient (Wildman–Crippen LogP) is 6.31. The summed E-state index contributed by atoms with van der Waals surface area (Å²) in [6.07, 6.45) is 7.67. The first-order valence-corrected chi connectivity index (χ1v) is 9.17. The topological polar surface area (TPSA) is 38.4 Å². The van der Waals surface area contributed by atoms with Gasteiger partial charge in [-0.3, -0.25) is 9.98 Å². The normalized spacial score (nSPS) is 15.9. The lowest BCUT2D eigenvalue weighted by molar-refractivity contribution is 0.571. The Kier molecular flexibility index (Phi) is 4.91. The van der Waals surface area contributed by atoms with Crippen molar-refractivity contribution in [1.29, 1.82) is 0 Å². The maximum absolute atomic E-state index is 6.28. The van der Waals surface area contributed by atoms with Crippen molar-refractivity contribution in [3.8, 4) is 11.3 Å². The minimum atomic E-state index is 0.571. The van der Waals surface area contributed by atoms with E-state index < -0.39 is 0 Å². The van der Waals surface area contributed by atoms with Gasteiger partial charge in [-0.1, -0.05) is 23.2 Å². The summed E-state index contributed by atoms with van der Waals surface area (Å²) in [4.78, 5) is 8.90. The van der Waals surface area contributed by atoms with E-state index in [9.17, 15) is 0 Å². The van der Waals surface area contributed by atoms with Gasteiger partial charge in [0.1, 0.15) is 11.5 Å². The molecule has 0 saturated heterocycles. The third-order valence-corrected chi connectivity index (χ3v) is 4.80. The first-order chi connectivity index (χ1) is 12.7. The summed E-state index contributed by atoms with van der Waals surface area (Å²) in [5.74, 6) is 1.49. The van der Waals surface area contributed by atoms with Crippen molar-refractivity contribution in [2.24, 2.45) is 4.99 Å². The molecule has 0 fully saturated rings. The summed E-state index contributed by atoms with van der Waals surface area (Å²) in [6, 6.07) is 13.2. The number of nitrogens with zero attached hydrogens (tertiary/aromatic N) is 2. The van der Waals surface area contributed by atoms with E-state index in [-0.39, 0.29) is 0 Å². The molecular weight excluding hydrogens is 367 g/mol. The molecule has 0 amide bonds. The summed E-state index contributed by atoms with van der Waals surface area (Å²) in [7, 11) is 0. The molecule has 1 aliphatic rings. The van der Waals surface area contributed by atoms with Crippen LogP contribution in [0.5, 0.6) is 0 Å². The van der Waals surface area contributed by atoms with E-state index in [1.165, 1.54) is 0 Å². The molecule has 0 spiro atoms. The third kappa shape index (κ3) is 3.59. The number of hydrogen-bond acceptors (Lipinski definition) is 3. The molecule has 3 aromatic rings. The predicted molar refractivity (Wildman–Crippen MR) is 107 cm³/mol. The van der Waals surface area contributed by atoms with Gasteiger partial charge in [0.05, 0.1) is 10.7 Å². The minimum Gasteiger partial charge on any atom is -0.457 e. The molecule has 26 heavy (non-hydrogen) atoms. The van der Waals surface area contributed by atoms with Crippen molar-refractivity contribution in [2.75, 3.05) is 6.54 Å². The van der Waals surface area contributed by atoms with Gasteiger partial charge in [-0.05, 0) is 67.0 Å². The fraction of sp³-hybridized carbons (Fsp3) is 0.143. The molecule has 0 atom stereocenters. The molecule has 4 rings (SSSR count). The molecule has 3 nitrogen and oxygen atoms in total. The molecule has 0 bridgehead atoms. The van der Waals surface area contributed by atoms with E-state index in [2.05, 4.69) is 11.1 Å². The van der Waals surface area contributed by atoms with Crippen LogP contribution in [0.15, 0.2) is 69.8 Å². The molecule has 1 aromatic carbocycles. The second-order valence-electron chi connectivity index (χ2n) is 6.07. The Balaban J connectivity index is 1.67. The van der Waals surface area contributed by atoms with Gasteiger partial charge in [0.25, 0.3) is 0 Å². The SMILES string of the molecule is Clc1ccc(-c2ccc(/C=C3/CCCN=C3c3cccnc3)o2)c(Cl)c1. The summed E-state index contributed by atoms with van der Waals surface area (Å²) >= 11 is 12.3. The van der Waals surface area contributed by atoms with E-state index in [0.29, 0.717) is 15.8 Å². The lowest BCUT2D eigenvalue weighted by atomic mass is 9.96. The number of aliphatic imine (C=N–C) groups is 1. The van der Waals surface area contributed by atoms with Crippen LogP contribution in [-0.2, 0) is 0 Å². The van der Waals surface area contributed by atoms with Gasteiger partial charge in [0, 0.05) is 35.1 Å². The first kappa shape index (κ1) is 17.1. The van der Waals surface area contributed by atoms with Crippen LogP contribution in [0.25, 0.3) is 17.4 Å². The molecule has 0 radical (unpaired) electrons. The highest BCUT2D eigenvalue weighted by molar-refractivity contribution is 6.36. The molecule has 3 heterocycles. The Labute approximate surface area is 162 Å². The maximum Gasteiger partial charge on any atom is 0.136 e. The third-order valence-electron chi connectivity index (χ3n) is 4.25. The van der Waals surface area contributed by atoms with Crippen LogP contribution >= 0.6 is 23.2 Å². The monoisotopic (exact) mass is 382 g/mol. The van der Waals surface area contributed by atoms with E-state index in [4.69, 9.17) is 32.6 Å². The maximum atomic E-state index is 6.28. The quantitative estimate of drug-likeness (QED) is 0.531. The fourth-order valence-electron chi connectivity index (χ4n) is 3.04. The Bertz CT molecular complexity index is 990. The largest absolute Gasteiger partial charge is 0.457 e. The van der Waals surface area contributed by atoms with E-state index >= 15 is 0 Å². The van der Waals surface area contributed by atoms with Crippen LogP contribution in [0.4, 0.5) is 0 Å².